The van der Waals surface area contributed by atoms with E-state index >= 15 is 0 Å². The average molecular weight is 442 g/mol. The minimum atomic E-state index is -0.168. The highest BCUT2D eigenvalue weighted by Crippen LogP contribution is 2.31. The Morgan fingerprint density at radius 2 is 1.83 bits per heavy atom. The van der Waals surface area contributed by atoms with Crippen molar-refractivity contribution in [3.05, 3.63) is 64.0 Å². The van der Waals surface area contributed by atoms with E-state index in [4.69, 9.17) is 16.3 Å². The summed E-state index contributed by atoms with van der Waals surface area (Å²) in [7, 11) is 0. The Balaban J connectivity index is 1.35. The molecule has 0 atom stereocenters. The van der Waals surface area contributed by atoms with E-state index in [2.05, 4.69) is 27.8 Å². The molecule has 2 aliphatic heterocycles. The number of nitrogens with zero attached hydrogens (tertiary/aromatic N) is 3. The van der Waals surface area contributed by atoms with E-state index in [0.717, 1.165) is 59.8 Å². The lowest BCUT2D eigenvalue weighted by Crippen LogP contribution is -2.47. The lowest BCUT2D eigenvalue weighted by molar-refractivity contribution is -0.113. The maximum Gasteiger partial charge on any atom is 0.286 e. The zero-order chi connectivity index (χ0) is 20.9. The number of hydrogen-bond acceptors (Lipinski definition) is 5. The molecule has 1 amide bonds. The molecule has 30 heavy (non-hydrogen) atoms. The summed E-state index contributed by atoms with van der Waals surface area (Å²) in [6.45, 7) is 6.16. The molecule has 0 radical (unpaired) electrons. The third-order valence-electron chi connectivity index (χ3n) is 4.98. The fourth-order valence-corrected chi connectivity index (χ4v) is 4.54. The number of thioether (sulfide) groups is 1. The van der Waals surface area contributed by atoms with Crippen molar-refractivity contribution in [3.63, 3.8) is 0 Å². The zero-order valence-corrected chi connectivity index (χ0v) is 18.5. The van der Waals surface area contributed by atoms with Crippen LogP contribution in [0.1, 0.15) is 18.9 Å². The molecule has 0 spiro atoms. The van der Waals surface area contributed by atoms with Crippen molar-refractivity contribution in [3.8, 4) is 5.75 Å². The predicted molar refractivity (Wildman–Crippen MR) is 125 cm³/mol. The van der Waals surface area contributed by atoms with Crippen molar-refractivity contribution in [1.82, 2.24) is 4.90 Å². The van der Waals surface area contributed by atoms with Gasteiger partial charge in [0.25, 0.3) is 5.91 Å². The summed E-state index contributed by atoms with van der Waals surface area (Å²) in [6.07, 6.45) is 2.87. The van der Waals surface area contributed by atoms with Gasteiger partial charge in [0.05, 0.1) is 11.5 Å². The standard InChI is InChI=1S/C23H24ClN3O2S/c1-2-14-29-20-8-6-17(7-9-20)15-21-22(28)25-23(30-21)27-12-10-26(11-13-27)19-5-3-4-18(24)16-19/h3-9,15-16H,2,10-14H2,1H3. The van der Waals surface area contributed by atoms with E-state index in [1.807, 2.05) is 48.5 Å². The first-order valence-electron chi connectivity index (χ1n) is 10.1. The van der Waals surface area contributed by atoms with Crippen LogP contribution in [-0.4, -0.2) is 48.8 Å². The Morgan fingerprint density at radius 1 is 1.10 bits per heavy atom. The molecule has 1 saturated heterocycles. The second-order valence-electron chi connectivity index (χ2n) is 7.18. The number of benzene rings is 2. The maximum absolute atomic E-state index is 12.4. The third-order valence-corrected chi connectivity index (χ3v) is 6.26. The molecule has 5 nitrogen and oxygen atoms in total. The molecule has 4 rings (SSSR count). The molecule has 1 fully saturated rings. The lowest BCUT2D eigenvalue weighted by Gasteiger charge is -2.36. The van der Waals surface area contributed by atoms with Crippen LogP contribution in [0.15, 0.2) is 58.4 Å². The fraction of sp³-hybridized carbons (Fsp3) is 0.304. The minimum Gasteiger partial charge on any atom is -0.494 e. The van der Waals surface area contributed by atoms with Gasteiger partial charge in [-0.05, 0) is 60.2 Å². The molecule has 0 N–H and O–H groups in total. The Labute approximate surface area is 186 Å². The highest BCUT2D eigenvalue weighted by atomic mass is 35.5. The molecule has 0 bridgehead atoms. The van der Waals surface area contributed by atoms with Crippen molar-refractivity contribution in [2.75, 3.05) is 37.7 Å². The van der Waals surface area contributed by atoms with Crippen LogP contribution in [0.5, 0.6) is 5.75 Å². The molecule has 0 saturated carbocycles. The topological polar surface area (TPSA) is 45.1 Å². The molecular formula is C23H24ClN3O2S. The van der Waals surface area contributed by atoms with Crippen molar-refractivity contribution in [2.45, 2.75) is 13.3 Å². The van der Waals surface area contributed by atoms with Gasteiger partial charge in [0.2, 0.25) is 0 Å². The number of amidine groups is 1. The fourth-order valence-electron chi connectivity index (χ4n) is 3.39. The van der Waals surface area contributed by atoms with Crippen LogP contribution in [0.2, 0.25) is 5.02 Å². The number of rotatable bonds is 5. The molecule has 2 heterocycles. The third kappa shape index (κ3) is 4.99. The van der Waals surface area contributed by atoms with E-state index in [1.165, 1.54) is 11.8 Å². The van der Waals surface area contributed by atoms with Crippen molar-refractivity contribution in [2.24, 2.45) is 4.99 Å². The molecule has 2 aromatic carbocycles. The number of carbonyl (C=O) groups excluding carboxylic acids is 1. The first-order valence-corrected chi connectivity index (χ1v) is 11.3. The molecule has 0 aromatic heterocycles. The quantitative estimate of drug-likeness (QED) is 0.616. The van der Waals surface area contributed by atoms with E-state index in [1.54, 1.807) is 0 Å². The molecule has 7 heteroatoms. The maximum atomic E-state index is 12.4. The highest BCUT2D eigenvalue weighted by Gasteiger charge is 2.28. The van der Waals surface area contributed by atoms with Crippen molar-refractivity contribution in [1.29, 1.82) is 0 Å². The van der Waals surface area contributed by atoms with Gasteiger partial charge in [-0.1, -0.05) is 36.7 Å². The summed E-state index contributed by atoms with van der Waals surface area (Å²) in [5.41, 5.74) is 2.10. The van der Waals surface area contributed by atoms with Gasteiger partial charge in [-0.3, -0.25) is 4.79 Å². The predicted octanol–water partition coefficient (Wildman–Crippen LogP) is 4.92. The van der Waals surface area contributed by atoms with Gasteiger partial charge in [0, 0.05) is 36.9 Å². The second-order valence-corrected chi connectivity index (χ2v) is 8.63. The molecular weight excluding hydrogens is 418 g/mol. The molecule has 0 unspecified atom stereocenters. The van der Waals surface area contributed by atoms with Crippen molar-refractivity contribution >= 4 is 46.2 Å². The van der Waals surface area contributed by atoms with Crippen LogP contribution >= 0.6 is 23.4 Å². The number of anilines is 1. The molecule has 2 aromatic rings. The number of aliphatic imine (C=N–C) groups is 1. The van der Waals surface area contributed by atoms with Crippen LogP contribution in [0.3, 0.4) is 0 Å². The number of hydrogen-bond donors (Lipinski definition) is 0. The van der Waals surface area contributed by atoms with E-state index in [0.29, 0.717) is 11.5 Å². The number of amides is 1. The van der Waals surface area contributed by atoms with Crippen LogP contribution in [0, 0.1) is 0 Å². The summed E-state index contributed by atoms with van der Waals surface area (Å²) >= 11 is 7.57. The summed E-state index contributed by atoms with van der Waals surface area (Å²) < 4.78 is 5.61. The van der Waals surface area contributed by atoms with Crippen LogP contribution in [-0.2, 0) is 4.79 Å². The smallest absolute Gasteiger partial charge is 0.286 e. The molecule has 2 aliphatic rings. The van der Waals surface area contributed by atoms with E-state index in [9.17, 15) is 4.79 Å². The minimum absolute atomic E-state index is 0.168. The van der Waals surface area contributed by atoms with E-state index in [-0.39, 0.29) is 5.91 Å². The zero-order valence-electron chi connectivity index (χ0n) is 16.9. The van der Waals surface area contributed by atoms with Crippen LogP contribution < -0.4 is 9.64 Å². The monoisotopic (exact) mass is 441 g/mol. The van der Waals surface area contributed by atoms with Gasteiger partial charge in [0.1, 0.15) is 5.75 Å². The summed E-state index contributed by atoms with van der Waals surface area (Å²) in [5.74, 6) is 0.678. The molecule has 156 valence electrons. The first kappa shape index (κ1) is 20.8. The van der Waals surface area contributed by atoms with Gasteiger partial charge in [0.15, 0.2) is 5.17 Å². The Morgan fingerprint density at radius 3 is 2.53 bits per heavy atom. The summed E-state index contributed by atoms with van der Waals surface area (Å²) in [6, 6.07) is 15.7. The largest absolute Gasteiger partial charge is 0.494 e. The number of ether oxygens (including phenoxy) is 1. The van der Waals surface area contributed by atoms with Crippen LogP contribution in [0.4, 0.5) is 5.69 Å². The van der Waals surface area contributed by atoms with E-state index < -0.39 is 0 Å². The second kappa shape index (κ2) is 9.58. The van der Waals surface area contributed by atoms with Crippen molar-refractivity contribution < 1.29 is 9.53 Å². The summed E-state index contributed by atoms with van der Waals surface area (Å²) in [5, 5.41) is 1.54. The van der Waals surface area contributed by atoms with Gasteiger partial charge >= 0.3 is 0 Å². The Hall–Kier alpha value is -2.44. The Bertz CT molecular complexity index is 967. The van der Waals surface area contributed by atoms with Gasteiger partial charge in [-0.2, -0.15) is 4.99 Å². The molecule has 0 aliphatic carbocycles. The van der Waals surface area contributed by atoms with Gasteiger partial charge in [-0.25, -0.2) is 0 Å². The van der Waals surface area contributed by atoms with Gasteiger partial charge < -0.3 is 14.5 Å². The average Bonchev–Trinajstić information content (AvgIpc) is 3.13. The summed E-state index contributed by atoms with van der Waals surface area (Å²) in [4.78, 5) is 21.9. The normalized spacial score (nSPS) is 18.1. The first-order chi connectivity index (χ1) is 14.6. The Kier molecular flexibility index (Phi) is 6.65. The number of carbonyl (C=O) groups is 1. The lowest BCUT2D eigenvalue weighted by atomic mass is 10.2. The van der Waals surface area contributed by atoms with Crippen LogP contribution in [0.25, 0.3) is 6.08 Å². The highest BCUT2D eigenvalue weighted by molar-refractivity contribution is 8.18. The SMILES string of the molecule is CCCOc1ccc(C=C2SC(N3CCN(c4cccc(Cl)c4)CC3)=NC2=O)cc1. The number of halogens is 1. The number of piperazine rings is 1. The van der Waals surface area contributed by atoms with Gasteiger partial charge in [-0.15, -0.1) is 0 Å².